The molecular weight excluding hydrogens is 619 g/mol. The summed E-state index contributed by atoms with van der Waals surface area (Å²) in [5, 5.41) is 2.29. The summed E-state index contributed by atoms with van der Waals surface area (Å²) < 4.78 is 6.78. The van der Waals surface area contributed by atoms with Gasteiger partial charge in [-0.25, -0.2) is 0 Å². The third kappa shape index (κ3) is 5.25. The van der Waals surface area contributed by atoms with Crippen molar-refractivity contribution in [2.24, 2.45) is 0 Å². The van der Waals surface area contributed by atoms with Crippen molar-refractivity contribution >= 4 is 39.0 Å². The van der Waals surface area contributed by atoms with Gasteiger partial charge in [-0.2, -0.15) is 0 Å². The predicted molar refractivity (Wildman–Crippen MR) is 215 cm³/mol. The maximum Gasteiger partial charge on any atom is 0.137 e. The molecule has 51 heavy (non-hydrogen) atoms. The molecule has 8 aromatic rings. The van der Waals surface area contributed by atoms with Gasteiger partial charge in [0.1, 0.15) is 11.2 Å². The second-order valence-corrected chi connectivity index (χ2v) is 15.3. The minimum Gasteiger partial charge on any atom is -0.456 e. The number of hydrogen-bond donors (Lipinski definition) is 0. The second-order valence-electron chi connectivity index (χ2n) is 15.3. The smallest absolute Gasteiger partial charge is 0.137 e. The van der Waals surface area contributed by atoms with E-state index in [0.29, 0.717) is 0 Å². The lowest BCUT2D eigenvalue weighted by molar-refractivity contribution is 0.403. The third-order valence-corrected chi connectivity index (χ3v) is 10.8. The third-order valence-electron chi connectivity index (χ3n) is 10.8. The summed E-state index contributed by atoms with van der Waals surface area (Å²) in [6.07, 6.45) is 1.11. The highest BCUT2D eigenvalue weighted by Gasteiger charge is 2.42. The molecule has 0 saturated carbocycles. The Morgan fingerprint density at radius 1 is 0.471 bits per heavy atom. The van der Waals surface area contributed by atoms with Crippen LogP contribution >= 0.6 is 0 Å². The van der Waals surface area contributed by atoms with E-state index in [4.69, 9.17) is 4.42 Å². The summed E-state index contributed by atoms with van der Waals surface area (Å²) in [4.78, 5) is 2.46. The van der Waals surface area contributed by atoms with Crippen LogP contribution in [0.5, 0.6) is 0 Å². The fourth-order valence-corrected chi connectivity index (χ4v) is 8.81. The van der Waals surface area contributed by atoms with Crippen LogP contribution in [-0.2, 0) is 10.8 Å². The molecule has 0 saturated heterocycles. The van der Waals surface area contributed by atoms with Crippen LogP contribution in [0.3, 0.4) is 0 Å². The maximum atomic E-state index is 6.78. The molecule has 7 aromatic carbocycles. The van der Waals surface area contributed by atoms with Gasteiger partial charge in [-0.3, -0.25) is 0 Å². The summed E-state index contributed by atoms with van der Waals surface area (Å²) in [6, 6.07) is 59.2. The van der Waals surface area contributed by atoms with Crippen LogP contribution in [0.4, 0.5) is 17.1 Å². The highest BCUT2D eigenvalue weighted by Crippen LogP contribution is 2.53. The normalized spacial score (nSPS) is 14.5. The van der Waals surface area contributed by atoms with Crippen LogP contribution in [0, 0.1) is 0 Å². The molecule has 9 rings (SSSR count). The SMILES string of the molecule is CC1(C)CC(C)(C)c2cc3c(cc21)oc1cccc(N(c2cccc(-c4ccccc4)c2)c2cccc(-c4ccccc4)c2-c2ccccc2)c13. The van der Waals surface area contributed by atoms with E-state index >= 15 is 0 Å². The number of benzene rings is 7. The van der Waals surface area contributed by atoms with Crippen LogP contribution < -0.4 is 4.90 Å². The van der Waals surface area contributed by atoms with Gasteiger partial charge in [0.2, 0.25) is 0 Å². The molecule has 1 aromatic heterocycles. The average molecular weight is 660 g/mol. The molecular formula is C49H41NO. The van der Waals surface area contributed by atoms with Crippen molar-refractivity contribution in [1.29, 1.82) is 0 Å². The van der Waals surface area contributed by atoms with Gasteiger partial charge in [0.05, 0.1) is 16.8 Å². The first-order chi connectivity index (χ1) is 24.8. The highest BCUT2D eigenvalue weighted by molar-refractivity contribution is 6.14. The minimum atomic E-state index is 0.0692. The van der Waals surface area contributed by atoms with Crippen molar-refractivity contribution < 1.29 is 4.42 Å². The standard InChI is InChI=1S/C49H41NO/c1-48(2)32-49(3,4)41-31-45-39(30-40(41)48)47-43(27-16-28-44(47)51-45)50(37-24-14-23-36(29-37)33-17-8-5-9-18-33)42-26-15-25-38(34-19-10-6-11-20-34)46(42)35-21-12-7-13-22-35/h5-31H,32H2,1-4H3. The monoisotopic (exact) mass is 659 g/mol. The Morgan fingerprint density at radius 2 is 1.04 bits per heavy atom. The molecule has 0 bridgehead atoms. The molecule has 0 N–H and O–H groups in total. The summed E-state index contributed by atoms with van der Waals surface area (Å²) in [5.41, 5.74) is 15.2. The number of hydrogen-bond acceptors (Lipinski definition) is 2. The predicted octanol–water partition coefficient (Wildman–Crippen LogP) is 14.0. The Morgan fingerprint density at radius 3 is 1.75 bits per heavy atom. The fraction of sp³-hybridized carbons (Fsp3) is 0.143. The summed E-state index contributed by atoms with van der Waals surface area (Å²) in [7, 11) is 0. The zero-order valence-electron chi connectivity index (χ0n) is 29.7. The van der Waals surface area contributed by atoms with Gasteiger partial charge in [-0.15, -0.1) is 0 Å². The molecule has 1 aliphatic carbocycles. The lowest BCUT2D eigenvalue weighted by Gasteiger charge is -2.30. The van der Waals surface area contributed by atoms with Gasteiger partial charge in [0.25, 0.3) is 0 Å². The lowest BCUT2D eigenvalue weighted by atomic mass is 9.82. The largest absolute Gasteiger partial charge is 0.456 e. The van der Waals surface area contributed by atoms with Crippen molar-refractivity contribution in [1.82, 2.24) is 0 Å². The summed E-state index contributed by atoms with van der Waals surface area (Å²) in [5.74, 6) is 0. The number of furan rings is 1. The van der Waals surface area contributed by atoms with E-state index in [-0.39, 0.29) is 10.8 Å². The second kappa shape index (κ2) is 11.9. The van der Waals surface area contributed by atoms with E-state index in [2.05, 4.69) is 196 Å². The summed E-state index contributed by atoms with van der Waals surface area (Å²) >= 11 is 0. The number of fused-ring (bicyclic) bond motifs is 4. The van der Waals surface area contributed by atoms with Crippen molar-refractivity contribution in [3.63, 3.8) is 0 Å². The number of nitrogens with zero attached hydrogens (tertiary/aromatic N) is 1. The Balaban J connectivity index is 1.38. The lowest BCUT2D eigenvalue weighted by Crippen LogP contribution is -2.17. The quantitative estimate of drug-likeness (QED) is 0.177. The molecule has 0 amide bonds. The van der Waals surface area contributed by atoms with Crippen LogP contribution in [-0.4, -0.2) is 0 Å². The average Bonchev–Trinajstić information content (AvgIpc) is 3.62. The van der Waals surface area contributed by atoms with Crippen molar-refractivity contribution in [3.05, 3.63) is 175 Å². The highest BCUT2D eigenvalue weighted by atomic mass is 16.3. The minimum absolute atomic E-state index is 0.0692. The van der Waals surface area contributed by atoms with Gasteiger partial charge in [-0.05, 0) is 98.7 Å². The zero-order valence-corrected chi connectivity index (χ0v) is 29.7. The van der Waals surface area contributed by atoms with Crippen LogP contribution in [0.15, 0.2) is 168 Å². The van der Waals surface area contributed by atoms with E-state index in [1.807, 2.05) is 0 Å². The van der Waals surface area contributed by atoms with Gasteiger partial charge in [0, 0.05) is 16.6 Å². The first kappa shape index (κ1) is 31.1. The molecule has 0 spiro atoms. The Kier molecular flexibility index (Phi) is 7.26. The fourth-order valence-electron chi connectivity index (χ4n) is 8.81. The van der Waals surface area contributed by atoms with Crippen molar-refractivity contribution in [2.75, 3.05) is 4.90 Å². The van der Waals surface area contributed by atoms with Crippen molar-refractivity contribution in [2.45, 2.75) is 44.9 Å². The molecule has 0 aliphatic heterocycles. The maximum absolute atomic E-state index is 6.78. The zero-order chi connectivity index (χ0) is 34.7. The molecule has 2 heteroatoms. The molecule has 248 valence electrons. The first-order valence-electron chi connectivity index (χ1n) is 18.0. The van der Waals surface area contributed by atoms with E-state index in [9.17, 15) is 0 Å². The Labute approximate surface area is 300 Å². The van der Waals surface area contributed by atoms with Gasteiger partial charge < -0.3 is 9.32 Å². The first-order valence-corrected chi connectivity index (χ1v) is 18.0. The molecule has 0 atom stereocenters. The molecule has 0 radical (unpaired) electrons. The van der Waals surface area contributed by atoms with Crippen LogP contribution in [0.2, 0.25) is 0 Å². The number of anilines is 3. The van der Waals surface area contributed by atoms with Crippen LogP contribution in [0.25, 0.3) is 55.3 Å². The molecule has 2 nitrogen and oxygen atoms in total. The van der Waals surface area contributed by atoms with Crippen LogP contribution in [0.1, 0.15) is 45.2 Å². The molecule has 1 aliphatic rings. The van der Waals surface area contributed by atoms with E-state index in [0.717, 1.165) is 45.4 Å². The topological polar surface area (TPSA) is 16.4 Å². The van der Waals surface area contributed by atoms with E-state index in [1.54, 1.807) is 0 Å². The van der Waals surface area contributed by atoms with E-state index < -0.39 is 0 Å². The Bertz CT molecular complexity index is 2540. The van der Waals surface area contributed by atoms with Gasteiger partial charge in [0.15, 0.2) is 0 Å². The van der Waals surface area contributed by atoms with E-state index in [1.165, 1.54) is 44.5 Å². The number of rotatable bonds is 6. The van der Waals surface area contributed by atoms with Crippen molar-refractivity contribution in [3.8, 4) is 33.4 Å². The van der Waals surface area contributed by atoms with Gasteiger partial charge >= 0.3 is 0 Å². The molecule has 1 heterocycles. The van der Waals surface area contributed by atoms with Gasteiger partial charge in [-0.1, -0.05) is 149 Å². The molecule has 0 fully saturated rings. The molecule has 0 unspecified atom stereocenters. The summed E-state index contributed by atoms with van der Waals surface area (Å²) in [6.45, 7) is 9.51. The Hall–Kier alpha value is -5.86.